The van der Waals surface area contributed by atoms with Crippen molar-refractivity contribution in [2.24, 2.45) is 5.92 Å². The first kappa shape index (κ1) is 17.6. The summed E-state index contributed by atoms with van der Waals surface area (Å²) in [5.74, 6) is 1.34. The fourth-order valence-electron chi connectivity index (χ4n) is 3.23. The number of ether oxygens (including phenoxy) is 1. The molecule has 0 radical (unpaired) electrons. The van der Waals surface area contributed by atoms with Gasteiger partial charge in [-0.05, 0) is 31.7 Å². The number of hydrogen-bond acceptors (Lipinski definition) is 6. The normalized spacial score (nSPS) is 20.3. The number of aromatic nitrogens is 2. The zero-order valence-electron chi connectivity index (χ0n) is 14.3. The molecule has 7 heteroatoms. The Balaban J connectivity index is 1.38. The Morgan fingerprint density at radius 3 is 2.75 bits per heavy atom. The summed E-state index contributed by atoms with van der Waals surface area (Å²) in [7, 11) is 0. The molecular weight excluding hydrogens is 324 g/mol. The van der Waals surface area contributed by atoms with Gasteiger partial charge in [-0.2, -0.15) is 0 Å². The van der Waals surface area contributed by atoms with Crippen LogP contribution in [-0.2, 0) is 9.53 Å². The van der Waals surface area contributed by atoms with Crippen LogP contribution in [0.15, 0.2) is 17.4 Å². The molecule has 0 N–H and O–H groups in total. The van der Waals surface area contributed by atoms with E-state index in [9.17, 15) is 4.79 Å². The van der Waals surface area contributed by atoms with Crippen molar-refractivity contribution in [2.75, 3.05) is 51.7 Å². The first-order chi connectivity index (χ1) is 11.7. The SMILES string of the molecule is Cc1ccnc(SCC(=O)N2CCC(CN3CCOCC3)CC2)n1. The standard InChI is InChI=1S/C17H26N4O2S/c1-14-2-5-18-17(19-14)24-13-16(22)21-6-3-15(4-7-21)12-20-8-10-23-11-9-20/h2,5,15H,3-4,6-13H2,1H3. The predicted octanol–water partition coefficient (Wildman–Crippen LogP) is 1.45. The fourth-order valence-corrected chi connectivity index (χ4v) is 4.01. The molecule has 2 fully saturated rings. The van der Waals surface area contributed by atoms with Gasteiger partial charge >= 0.3 is 0 Å². The van der Waals surface area contributed by atoms with Crippen LogP contribution in [0.1, 0.15) is 18.5 Å². The van der Waals surface area contributed by atoms with Gasteiger partial charge in [-0.15, -0.1) is 0 Å². The minimum absolute atomic E-state index is 0.204. The quantitative estimate of drug-likeness (QED) is 0.592. The lowest BCUT2D eigenvalue weighted by atomic mass is 9.96. The molecule has 0 aliphatic carbocycles. The van der Waals surface area contributed by atoms with E-state index >= 15 is 0 Å². The van der Waals surface area contributed by atoms with Crippen LogP contribution in [0.5, 0.6) is 0 Å². The first-order valence-corrected chi connectivity index (χ1v) is 9.69. The van der Waals surface area contributed by atoms with Crippen LogP contribution in [-0.4, -0.2) is 77.4 Å². The van der Waals surface area contributed by atoms with Crippen LogP contribution in [0.4, 0.5) is 0 Å². The summed E-state index contributed by atoms with van der Waals surface area (Å²) in [4.78, 5) is 25.4. The topological polar surface area (TPSA) is 58.6 Å². The van der Waals surface area contributed by atoms with Gasteiger partial charge in [-0.1, -0.05) is 11.8 Å². The maximum Gasteiger partial charge on any atom is 0.233 e. The van der Waals surface area contributed by atoms with Crippen LogP contribution >= 0.6 is 11.8 Å². The highest BCUT2D eigenvalue weighted by Gasteiger charge is 2.25. The maximum atomic E-state index is 12.4. The molecule has 24 heavy (non-hydrogen) atoms. The van der Waals surface area contributed by atoms with E-state index in [1.54, 1.807) is 6.20 Å². The summed E-state index contributed by atoms with van der Waals surface area (Å²) >= 11 is 1.43. The van der Waals surface area contributed by atoms with Crippen molar-refractivity contribution < 1.29 is 9.53 Å². The smallest absolute Gasteiger partial charge is 0.233 e. The van der Waals surface area contributed by atoms with Crippen LogP contribution in [0.25, 0.3) is 0 Å². The lowest BCUT2D eigenvalue weighted by Gasteiger charge is -2.36. The number of carbonyl (C=O) groups excluding carboxylic acids is 1. The van der Waals surface area contributed by atoms with Crippen molar-refractivity contribution in [1.82, 2.24) is 19.8 Å². The Bertz CT molecular complexity index is 543. The molecule has 2 saturated heterocycles. The number of hydrogen-bond donors (Lipinski definition) is 0. The molecule has 0 unspecified atom stereocenters. The highest BCUT2D eigenvalue weighted by molar-refractivity contribution is 7.99. The Morgan fingerprint density at radius 1 is 1.29 bits per heavy atom. The van der Waals surface area contributed by atoms with Crippen molar-refractivity contribution in [1.29, 1.82) is 0 Å². The van der Waals surface area contributed by atoms with Gasteiger partial charge < -0.3 is 9.64 Å². The Morgan fingerprint density at radius 2 is 2.04 bits per heavy atom. The Hall–Kier alpha value is -1.18. The Kier molecular flexibility index (Phi) is 6.45. The number of likely N-dealkylation sites (tertiary alicyclic amines) is 1. The summed E-state index contributed by atoms with van der Waals surface area (Å²) in [5.41, 5.74) is 0.934. The summed E-state index contributed by atoms with van der Waals surface area (Å²) in [6.07, 6.45) is 3.95. The highest BCUT2D eigenvalue weighted by Crippen LogP contribution is 2.21. The summed E-state index contributed by atoms with van der Waals surface area (Å²) in [6.45, 7) is 8.65. The van der Waals surface area contributed by atoms with Crippen molar-refractivity contribution in [3.63, 3.8) is 0 Å². The molecule has 2 aliphatic rings. The van der Waals surface area contributed by atoms with Crippen molar-refractivity contribution in [3.05, 3.63) is 18.0 Å². The second-order valence-electron chi connectivity index (χ2n) is 6.51. The third-order valence-corrected chi connectivity index (χ3v) is 5.53. The molecule has 0 spiro atoms. The number of aryl methyl sites for hydroxylation is 1. The van der Waals surface area contributed by atoms with Crippen molar-refractivity contribution >= 4 is 17.7 Å². The van der Waals surface area contributed by atoms with E-state index in [0.29, 0.717) is 16.8 Å². The zero-order chi connectivity index (χ0) is 16.8. The van der Waals surface area contributed by atoms with Gasteiger partial charge in [0, 0.05) is 44.6 Å². The second-order valence-corrected chi connectivity index (χ2v) is 7.45. The summed E-state index contributed by atoms with van der Waals surface area (Å²) < 4.78 is 5.40. The molecule has 0 atom stereocenters. The van der Waals surface area contributed by atoms with Gasteiger partial charge in [0.15, 0.2) is 5.16 Å². The van der Waals surface area contributed by atoms with Gasteiger partial charge in [-0.3, -0.25) is 9.69 Å². The van der Waals surface area contributed by atoms with Gasteiger partial charge in [0.2, 0.25) is 5.91 Å². The average Bonchev–Trinajstić information content (AvgIpc) is 2.61. The van der Waals surface area contributed by atoms with E-state index in [2.05, 4.69) is 14.9 Å². The molecule has 6 nitrogen and oxygen atoms in total. The molecule has 2 aliphatic heterocycles. The van der Waals surface area contributed by atoms with Crippen LogP contribution in [0.2, 0.25) is 0 Å². The van der Waals surface area contributed by atoms with Gasteiger partial charge in [0.05, 0.1) is 19.0 Å². The third-order valence-electron chi connectivity index (χ3n) is 4.68. The number of morpholine rings is 1. The van der Waals surface area contributed by atoms with Gasteiger partial charge in [0.1, 0.15) is 0 Å². The molecule has 3 heterocycles. The van der Waals surface area contributed by atoms with Crippen LogP contribution in [0, 0.1) is 12.8 Å². The third kappa shape index (κ3) is 5.16. The number of nitrogens with zero attached hydrogens (tertiary/aromatic N) is 4. The molecule has 1 aromatic heterocycles. The molecule has 0 saturated carbocycles. The van der Waals surface area contributed by atoms with E-state index in [4.69, 9.17) is 4.74 Å². The monoisotopic (exact) mass is 350 g/mol. The van der Waals surface area contributed by atoms with Crippen LogP contribution in [0.3, 0.4) is 0 Å². The van der Waals surface area contributed by atoms with Crippen molar-refractivity contribution in [3.8, 4) is 0 Å². The number of piperidine rings is 1. The number of amides is 1. The average molecular weight is 350 g/mol. The maximum absolute atomic E-state index is 12.4. The predicted molar refractivity (Wildman–Crippen MR) is 94.1 cm³/mol. The molecule has 3 rings (SSSR count). The van der Waals surface area contributed by atoms with Crippen LogP contribution < -0.4 is 0 Å². The molecule has 0 bridgehead atoms. The second kappa shape index (κ2) is 8.78. The fraction of sp³-hybridized carbons (Fsp3) is 0.706. The summed E-state index contributed by atoms with van der Waals surface area (Å²) in [6, 6.07) is 1.87. The summed E-state index contributed by atoms with van der Waals surface area (Å²) in [5, 5.41) is 0.686. The molecule has 1 aromatic rings. The lowest BCUT2D eigenvalue weighted by Crippen LogP contribution is -2.44. The number of rotatable bonds is 5. The Labute approximate surface area is 148 Å². The minimum atomic E-state index is 0.204. The van der Waals surface area contributed by atoms with Gasteiger partial charge in [-0.25, -0.2) is 9.97 Å². The largest absolute Gasteiger partial charge is 0.379 e. The van der Waals surface area contributed by atoms with E-state index in [1.807, 2.05) is 17.9 Å². The molecular formula is C17H26N4O2S. The highest BCUT2D eigenvalue weighted by atomic mass is 32.2. The number of carbonyl (C=O) groups is 1. The van der Waals surface area contributed by atoms with Gasteiger partial charge in [0.25, 0.3) is 0 Å². The van der Waals surface area contributed by atoms with E-state index in [1.165, 1.54) is 11.8 Å². The molecule has 1 amide bonds. The van der Waals surface area contributed by atoms with E-state index in [0.717, 1.165) is 64.5 Å². The zero-order valence-corrected chi connectivity index (χ0v) is 15.1. The molecule has 0 aromatic carbocycles. The van der Waals surface area contributed by atoms with E-state index < -0.39 is 0 Å². The lowest BCUT2D eigenvalue weighted by molar-refractivity contribution is -0.129. The van der Waals surface area contributed by atoms with E-state index in [-0.39, 0.29) is 5.91 Å². The van der Waals surface area contributed by atoms with Crippen molar-refractivity contribution in [2.45, 2.75) is 24.9 Å². The first-order valence-electron chi connectivity index (χ1n) is 8.71. The number of thioether (sulfide) groups is 1. The molecule has 132 valence electrons. The minimum Gasteiger partial charge on any atom is -0.379 e.